The Hall–Kier alpha value is -8.37. The molecule has 332 valence electrons. The molecule has 2 nitrogen and oxygen atoms in total. The highest BCUT2D eigenvalue weighted by Crippen LogP contribution is 2.39. The van der Waals surface area contributed by atoms with Gasteiger partial charge in [-0.05, 0) is 140 Å². The Morgan fingerprint density at radius 3 is 0.957 bits per heavy atom. The molecule has 0 saturated heterocycles. The van der Waals surface area contributed by atoms with E-state index in [2.05, 4.69) is 296 Å². The van der Waals surface area contributed by atoms with Crippen molar-refractivity contribution < 1.29 is 0 Å². The maximum absolute atomic E-state index is 4.96. The first kappa shape index (κ1) is 44.5. The van der Waals surface area contributed by atoms with Gasteiger partial charge in [-0.1, -0.05) is 212 Å². The average Bonchev–Trinajstić information content (AvgIpc) is 3.44. The van der Waals surface area contributed by atoms with Crippen LogP contribution in [0, 0.1) is 0 Å². The normalized spacial score (nSPS) is 11.6. The third-order valence-electron chi connectivity index (χ3n) is 12.7. The topological polar surface area (TPSA) is 6.48 Å². The number of anilines is 5. The van der Waals surface area contributed by atoms with Gasteiger partial charge in [0, 0.05) is 39.9 Å². The quantitative estimate of drug-likeness (QED) is 0.0858. The van der Waals surface area contributed by atoms with Crippen molar-refractivity contribution in [1.82, 2.24) is 0 Å². The Balaban J connectivity index is 0.971. The second-order valence-corrected chi connectivity index (χ2v) is 17.4. The van der Waals surface area contributed by atoms with Crippen LogP contribution in [0.3, 0.4) is 0 Å². The Labute approximate surface area is 412 Å². The molecule has 0 fully saturated rings. The number of thiol groups is 1. The molecule has 0 bridgehead atoms. The second-order valence-electron chi connectivity index (χ2n) is 17.1. The van der Waals surface area contributed by atoms with E-state index in [1.165, 1.54) is 55.6 Å². The van der Waals surface area contributed by atoms with E-state index in [0.717, 1.165) is 45.3 Å². The molecule has 3 heteroatoms. The van der Waals surface area contributed by atoms with E-state index in [0.29, 0.717) is 5.75 Å². The molecule has 0 aliphatic carbocycles. The molecule has 0 amide bonds. The number of allylic oxidation sites excluding steroid dienone is 3. The van der Waals surface area contributed by atoms with E-state index in [1.54, 1.807) is 0 Å². The van der Waals surface area contributed by atoms with Crippen LogP contribution >= 0.6 is 12.6 Å². The Bertz CT molecular complexity index is 3130. The van der Waals surface area contributed by atoms with Crippen molar-refractivity contribution in [1.29, 1.82) is 0 Å². The molecule has 69 heavy (non-hydrogen) atoms. The monoisotopic (exact) mass is 904 g/mol. The van der Waals surface area contributed by atoms with Crippen LogP contribution in [0.1, 0.15) is 12.5 Å². The van der Waals surface area contributed by atoms with Crippen LogP contribution < -0.4 is 9.80 Å². The summed E-state index contributed by atoms with van der Waals surface area (Å²) in [6.45, 7) is 2.20. The van der Waals surface area contributed by atoms with Gasteiger partial charge in [0.15, 0.2) is 0 Å². The lowest BCUT2D eigenvalue weighted by atomic mass is 9.94. The molecule has 10 rings (SSSR count). The summed E-state index contributed by atoms with van der Waals surface area (Å²) in [6.07, 6.45) is 4.46. The molecule has 0 radical (unpaired) electrons. The summed E-state index contributed by atoms with van der Waals surface area (Å²) in [4.78, 5) is 4.66. The number of rotatable bonds is 14. The highest BCUT2D eigenvalue weighted by atomic mass is 32.1. The molecule has 10 aromatic rings. The van der Waals surface area contributed by atoms with Gasteiger partial charge in [0.2, 0.25) is 0 Å². The zero-order valence-electron chi connectivity index (χ0n) is 38.6. The number of hydrogen-bond donors (Lipinski definition) is 1. The van der Waals surface area contributed by atoms with E-state index in [1.807, 2.05) is 0 Å². The van der Waals surface area contributed by atoms with E-state index in [-0.39, 0.29) is 0 Å². The number of hydrogen-bond acceptors (Lipinski definition) is 3. The third kappa shape index (κ3) is 10.2. The minimum absolute atomic E-state index is 0.536. The minimum Gasteiger partial charge on any atom is -0.313 e. The second kappa shape index (κ2) is 21.1. The molecule has 0 saturated carbocycles. The molecular weight excluding hydrogens is 853 g/mol. The summed E-state index contributed by atoms with van der Waals surface area (Å²) in [5.74, 6) is 0.536. The van der Waals surface area contributed by atoms with Gasteiger partial charge in [0.25, 0.3) is 0 Å². The van der Waals surface area contributed by atoms with Gasteiger partial charge < -0.3 is 9.80 Å². The number of benzene rings is 10. The fourth-order valence-electron chi connectivity index (χ4n) is 9.04. The molecule has 10 aromatic carbocycles. The van der Waals surface area contributed by atoms with Crippen LogP contribution in [-0.2, 0) is 0 Å². The molecule has 0 heterocycles. The first-order chi connectivity index (χ1) is 34.1. The van der Waals surface area contributed by atoms with Crippen LogP contribution in [-0.4, -0.2) is 5.75 Å². The standard InChI is InChI=1S/C66H52N2S/c1-49(26-37-64(48-69)68(62-42-31-56(32-43-62)52-20-10-4-11-21-52)63-44-33-57(34-45-63)53-22-12-5-13-23-53)65-24-14-15-25-66(65)58-35-46-61(47-36-58)67(59-38-27-54(28-39-59)50-16-6-2-7-17-50)60-40-29-55(30-41-60)51-18-8-3-9-19-51/h2-47,69H,48H2,1H3/b49-26+,64-37+. The molecule has 0 spiro atoms. The van der Waals surface area contributed by atoms with Gasteiger partial charge in [-0.2, -0.15) is 12.6 Å². The zero-order chi connectivity index (χ0) is 46.8. The SMILES string of the molecule is C/C(=C\C=C(/CS)N(c1ccc(-c2ccccc2)cc1)c1ccc(-c2ccccc2)cc1)c1ccccc1-c1ccc(N(c2ccc(-c3ccccc3)cc2)c2ccc(-c3ccccc3)cc2)cc1. The minimum atomic E-state index is 0.536. The Morgan fingerprint density at radius 2 is 0.609 bits per heavy atom. The van der Waals surface area contributed by atoms with E-state index >= 15 is 0 Å². The average molecular weight is 905 g/mol. The predicted octanol–water partition coefficient (Wildman–Crippen LogP) is 18.5. The molecule has 0 atom stereocenters. The van der Waals surface area contributed by atoms with Gasteiger partial charge in [0.1, 0.15) is 0 Å². The zero-order valence-corrected chi connectivity index (χ0v) is 39.5. The third-order valence-corrected chi connectivity index (χ3v) is 13.0. The summed E-state index contributed by atoms with van der Waals surface area (Å²) < 4.78 is 0. The van der Waals surface area contributed by atoms with Crippen molar-refractivity contribution in [2.24, 2.45) is 0 Å². The van der Waals surface area contributed by atoms with Crippen molar-refractivity contribution in [3.05, 3.63) is 290 Å². The molecule has 0 unspecified atom stereocenters. The Kier molecular flexibility index (Phi) is 13.6. The predicted molar refractivity (Wildman–Crippen MR) is 299 cm³/mol. The maximum atomic E-state index is 4.96. The number of nitrogens with zero attached hydrogens (tertiary/aromatic N) is 2. The largest absolute Gasteiger partial charge is 0.313 e. The van der Waals surface area contributed by atoms with Crippen molar-refractivity contribution in [3.63, 3.8) is 0 Å². The lowest BCUT2D eigenvalue weighted by molar-refractivity contribution is 1.17. The smallest absolute Gasteiger partial charge is 0.0462 e. The highest BCUT2D eigenvalue weighted by Gasteiger charge is 2.17. The van der Waals surface area contributed by atoms with Crippen LogP contribution in [0.2, 0.25) is 0 Å². The fraction of sp³-hybridized carbons (Fsp3) is 0.0303. The van der Waals surface area contributed by atoms with E-state index in [4.69, 9.17) is 12.6 Å². The van der Waals surface area contributed by atoms with E-state index < -0.39 is 0 Å². The van der Waals surface area contributed by atoms with Crippen LogP contribution in [0.4, 0.5) is 28.4 Å². The van der Waals surface area contributed by atoms with Gasteiger partial charge in [-0.3, -0.25) is 0 Å². The summed E-state index contributed by atoms with van der Waals surface area (Å²) in [6, 6.07) is 95.2. The first-order valence-electron chi connectivity index (χ1n) is 23.5. The van der Waals surface area contributed by atoms with Gasteiger partial charge in [-0.25, -0.2) is 0 Å². The fourth-order valence-corrected chi connectivity index (χ4v) is 9.29. The molecule has 0 aliphatic rings. The van der Waals surface area contributed by atoms with Gasteiger partial charge >= 0.3 is 0 Å². The summed E-state index contributed by atoms with van der Waals surface area (Å²) in [5, 5.41) is 0. The molecule has 0 N–H and O–H groups in total. The van der Waals surface area contributed by atoms with Crippen molar-refractivity contribution in [2.75, 3.05) is 15.6 Å². The lowest BCUT2D eigenvalue weighted by Gasteiger charge is -2.28. The van der Waals surface area contributed by atoms with Crippen LogP contribution in [0.25, 0.3) is 61.2 Å². The van der Waals surface area contributed by atoms with Gasteiger partial charge in [-0.15, -0.1) is 0 Å². The maximum Gasteiger partial charge on any atom is 0.0462 e. The van der Waals surface area contributed by atoms with Crippen molar-refractivity contribution >= 4 is 46.6 Å². The molecular formula is C66H52N2S. The van der Waals surface area contributed by atoms with Gasteiger partial charge in [0.05, 0.1) is 0 Å². The Morgan fingerprint density at radius 1 is 0.319 bits per heavy atom. The molecule has 0 aliphatic heterocycles. The highest BCUT2D eigenvalue weighted by molar-refractivity contribution is 7.80. The molecule has 0 aromatic heterocycles. The summed E-state index contributed by atoms with van der Waals surface area (Å²) >= 11 is 4.96. The summed E-state index contributed by atoms with van der Waals surface area (Å²) in [7, 11) is 0. The van der Waals surface area contributed by atoms with Crippen LogP contribution in [0.15, 0.2) is 285 Å². The van der Waals surface area contributed by atoms with Crippen molar-refractivity contribution in [3.8, 4) is 55.6 Å². The lowest BCUT2D eigenvalue weighted by Crippen LogP contribution is -2.17. The first-order valence-corrected chi connectivity index (χ1v) is 24.1. The van der Waals surface area contributed by atoms with Crippen molar-refractivity contribution in [2.45, 2.75) is 6.92 Å². The van der Waals surface area contributed by atoms with E-state index in [9.17, 15) is 0 Å². The summed E-state index contributed by atoms with van der Waals surface area (Å²) in [5.41, 5.74) is 20.7. The van der Waals surface area contributed by atoms with Crippen LogP contribution in [0.5, 0.6) is 0 Å².